The van der Waals surface area contributed by atoms with Gasteiger partial charge in [-0.2, -0.15) is 0 Å². The smallest absolute Gasteiger partial charge is 0.200 e. The first kappa shape index (κ1) is 10.4. The van der Waals surface area contributed by atoms with Gasteiger partial charge in [0.25, 0.3) is 0 Å². The maximum atomic E-state index is 9.75. The standard InChI is InChI=1S/C10H12ClNO3/c1-14-8-2-6(11)3-9(10(8)13)15-7-4-12-5-7/h2-3,7,12-13H,4-5H2,1H3. The molecule has 0 unspecified atom stereocenters. The molecule has 1 aromatic rings. The van der Waals surface area contributed by atoms with Crippen molar-refractivity contribution in [3.05, 3.63) is 17.2 Å². The Kier molecular flexibility index (Phi) is 2.88. The minimum Gasteiger partial charge on any atom is -0.502 e. The Bertz CT molecular complexity index is 366. The molecule has 0 amide bonds. The van der Waals surface area contributed by atoms with Gasteiger partial charge in [-0.15, -0.1) is 0 Å². The zero-order chi connectivity index (χ0) is 10.8. The average Bonchev–Trinajstić information content (AvgIpc) is 2.16. The molecule has 0 radical (unpaired) electrons. The molecule has 0 aromatic heterocycles. The number of hydrogen-bond donors (Lipinski definition) is 2. The molecule has 2 N–H and O–H groups in total. The molecule has 1 fully saturated rings. The van der Waals surface area contributed by atoms with E-state index >= 15 is 0 Å². The van der Waals surface area contributed by atoms with Crippen molar-refractivity contribution in [2.24, 2.45) is 0 Å². The van der Waals surface area contributed by atoms with Crippen LogP contribution in [0.25, 0.3) is 0 Å². The normalized spacial score (nSPS) is 15.9. The van der Waals surface area contributed by atoms with Gasteiger partial charge >= 0.3 is 0 Å². The molecule has 0 atom stereocenters. The van der Waals surface area contributed by atoms with Crippen molar-refractivity contribution in [3.63, 3.8) is 0 Å². The van der Waals surface area contributed by atoms with Crippen LogP contribution in [0.4, 0.5) is 0 Å². The van der Waals surface area contributed by atoms with E-state index in [-0.39, 0.29) is 11.9 Å². The number of benzene rings is 1. The summed E-state index contributed by atoms with van der Waals surface area (Å²) < 4.78 is 10.5. The first-order valence-corrected chi connectivity index (χ1v) is 5.02. The van der Waals surface area contributed by atoms with Crippen LogP contribution >= 0.6 is 11.6 Å². The number of aromatic hydroxyl groups is 1. The molecule has 1 aliphatic rings. The summed E-state index contributed by atoms with van der Waals surface area (Å²) >= 11 is 5.86. The Hall–Kier alpha value is -1.13. The lowest BCUT2D eigenvalue weighted by Crippen LogP contribution is -2.50. The Morgan fingerprint density at radius 3 is 2.60 bits per heavy atom. The summed E-state index contributed by atoms with van der Waals surface area (Å²) in [7, 11) is 1.47. The van der Waals surface area contributed by atoms with Gasteiger partial charge in [0, 0.05) is 30.2 Å². The topological polar surface area (TPSA) is 50.7 Å². The van der Waals surface area contributed by atoms with E-state index in [1.165, 1.54) is 7.11 Å². The Morgan fingerprint density at radius 2 is 2.07 bits per heavy atom. The van der Waals surface area contributed by atoms with Gasteiger partial charge in [-0.1, -0.05) is 11.6 Å². The number of phenolic OH excluding ortho intramolecular Hbond substituents is 1. The summed E-state index contributed by atoms with van der Waals surface area (Å²) in [4.78, 5) is 0. The van der Waals surface area contributed by atoms with Crippen LogP contribution in [0.5, 0.6) is 17.2 Å². The Balaban J connectivity index is 2.24. The zero-order valence-electron chi connectivity index (χ0n) is 8.29. The summed E-state index contributed by atoms with van der Waals surface area (Å²) in [6.07, 6.45) is 0.0964. The largest absolute Gasteiger partial charge is 0.502 e. The number of phenols is 1. The van der Waals surface area contributed by atoms with Crippen molar-refractivity contribution in [1.29, 1.82) is 0 Å². The minimum absolute atomic E-state index is 0.00574. The predicted molar refractivity (Wildman–Crippen MR) is 57.0 cm³/mol. The molecule has 1 aliphatic heterocycles. The molecule has 2 rings (SSSR count). The van der Waals surface area contributed by atoms with Crippen LogP contribution in [0.1, 0.15) is 0 Å². The fourth-order valence-electron chi connectivity index (χ4n) is 1.32. The fourth-order valence-corrected chi connectivity index (χ4v) is 1.52. The summed E-state index contributed by atoms with van der Waals surface area (Å²) in [5.74, 6) is 0.685. The second kappa shape index (κ2) is 4.16. The lowest BCUT2D eigenvalue weighted by Gasteiger charge is -2.28. The van der Waals surface area contributed by atoms with Crippen LogP contribution in [-0.2, 0) is 0 Å². The van der Waals surface area contributed by atoms with Gasteiger partial charge in [0.15, 0.2) is 11.5 Å². The molecular weight excluding hydrogens is 218 g/mol. The van der Waals surface area contributed by atoms with Gasteiger partial charge in [0.1, 0.15) is 6.10 Å². The summed E-state index contributed by atoms with van der Waals surface area (Å²) in [5, 5.41) is 13.3. The number of hydrogen-bond acceptors (Lipinski definition) is 4. The van der Waals surface area contributed by atoms with Gasteiger partial charge in [0.05, 0.1) is 7.11 Å². The van der Waals surface area contributed by atoms with Crippen LogP contribution in [0.15, 0.2) is 12.1 Å². The van der Waals surface area contributed by atoms with E-state index in [9.17, 15) is 5.11 Å². The lowest BCUT2D eigenvalue weighted by molar-refractivity contribution is 0.137. The second-order valence-electron chi connectivity index (χ2n) is 3.35. The van der Waals surface area contributed by atoms with Crippen LogP contribution in [0, 0.1) is 0 Å². The van der Waals surface area contributed by atoms with E-state index in [0.29, 0.717) is 16.5 Å². The highest BCUT2D eigenvalue weighted by atomic mass is 35.5. The van der Waals surface area contributed by atoms with Crippen molar-refractivity contribution >= 4 is 11.6 Å². The number of halogens is 1. The quantitative estimate of drug-likeness (QED) is 0.823. The molecule has 1 heterocycles. The number of nitrogens with one attached hydrogen (secondary N) is 1. The highest BCUT2D eigenvalue weighted by Gasteiger charge is 2.21. The maximum Gasteiger partial charge on any atom is 0.200 e. The highest BCUT2D eigenvalue weighted by molar-refractivity contribution is 6.31. The van der Waals surface area contributed by atoms with Crippen LogP contribution in [0.2, 0.25) is 5.02 Å². The van der Waals surface area contributed by atoms with Gasteiger partial charge in [0.2, 0.25) is 5.75 Å². The van der Waals surface area contributed by atoms with E-state index in [2.05, 4.69) is 5.32 Å². The third-order valence-electron chi connectivity index (χ3n) is 2.26. The Labute approximate surface area is 92.8 Å². The van der Waals surface area contributed by atoms with Gasteiger partial charge < -0.3 is 19.9 Å². The summed E-state index contributed by atoms with van der Waals surface area (Å²) in [6, 6.07) is 3.13. The lowest BCUT2D eigenvalue weighted by atomic mass is 10.2. The molecule has 1 aromatic carbocycles. The van der Waals surface area contributed by atoms with Crippen molar-refractivity contribution < 1.29 is 14.6 Å². The SMILES string of the molecule is COc1cc(Cl)cc(OC2CNC2)c1O. The van der Waals surface area contributed by atoms with E-state index in [0.717, 1.165) is 13.1 Å². The first-order chi connectivity index (χ1) is 7.20. The molecule has 0 aliphatic carbocycles. The average molecular weight is 230 g/mol. The minimum atomic E-state index is -0.00574. The molecule has 1 saturated heterocycles. The fraction of sp³-hybridized carbons (Fsp3) is 0.400. The monoisotopic (exact) mass is 229 g/mol. The summed E-state index contributed by atoms with van der Waals surface area (Å²) in [5.41, 5.74) is 0. The third-order valence-corrected chi connectivity index (χ3v) is 2.48. The number of rotatable bonds is 3. The van der Waals surface area contributed by atoms with E-state index in [1.807, 2.05) is 0 Å². The number of ether oxygens (including phenoxy) is 2. The molecular formula is C10H12ClNO3. The van der Waals surface area contributed by atoms with Crippen LogP contribution in [-0.4, -0.2) is 31.4 Å². The molecule has 0 saturated carbocycles. The highest BCUT2D eigenvalue weighted by Crippen LogP contribution is 2.39. The van der Waals surface area contributed by atoms with Crippen molar-refractivity contribution in [2.75, 3.05) is 20.2 Å². The molecule has 5 heteroatoms. The van der Waals surface area contributed by atoms with Gasteiger partial charge in [-0.05, 0) is 0 Å². The van der Waals surface area contributed by atoms with E-state index < -0.39 is 0 Å². The predicted octanol–water partition coefficient (Wildman–Crippen LogP) is 1.40. The van der Waals surface area contributed by atoms with E-state index in [4.69, 9.17) is 21.1 Å². The van der Waals surface area contributed by atoms with Crippen LogP contribution in [0.3, 0.4) is 0 Å². The third kappa shape index (κ3) is 2.11. The Morgan fingerprint density at radius 1 is 1.40 bits per heavy atom. The second-order valence-corrected chi connectivity index (χ2v) is 3.79. The van der Waals surface area contributed by atoms with E-state index in [1.54, 1.807) is 12.1 Å². The summed E-state index contributed by atoms with van der Waals surface area (Å²) in [6.45, 7) is 1.57. The van der Waals surface area contributed by atoms with Crippen molar-refractivity contribution in [1.82, 2.24) is 5.32 Å². The van der Waals surface area contributed by atoms with Crippen molar-refractivity contribution in [3.8, 4) is 17.2 Å². The maximum absolute atomic E-state index is 9.75. The molecule has 4 nitrogen and oxygen atoms in total. The molecule has 0 bridgehead atoms. The number of methoxy groups -OCH3 is 1. The first-order valence-electron chi connectivity index (χ1n) is 4.64. The zero-order valence-corrected chi connectivity index (χ0v) is 9.04. The molecule has 15 heavy (non-hydrogen) atoms. The molecule has 0 spiro atoms. The molecule has 82 valence electrons. The van der Waals surface area contributed by atoms with Gasteiger partial charge in [-0.25, -0.2) is 0 Å². The van der Waals surface area contributed by atoms with Crippen molar-refractivity contribution in [2.45, 2.75) is 6.10 Å². The van der Waals surface area contributed by atoms with Gasteiger partial charge in [-0.3, -0.25) is 0 Å². The van der Waals surface area contributed by atoms with Crippen LogP contribution < -0.4 is 14.8 Å².